The molecule has 0 spiro atoms. The zero-order chi connectivity index (χ0) is 31.0. The van der Waals surface area contributed by atoms with Gasteiger partial charge in [0.25, 0.3) is 0 Å². The summed E-state index contributed by atoms with van der Waals surface area (Å²) in [6.07, 6.45) is 0. The van der Waals surface area contributed by atoms with Crippen molar-refractivity contribution >= 4 is 40.8 Å². The van der Waals surface area contributed by atoms with Gasteiger partial charge in [-0.25, -0.2) is 0 Å². The first kappa shape index (κ1) is 28.1. The first-order valence-electron chi connectivity index (χ1n) is 15.0. The molecule has 1 heterocycles. The van der Waals surface area contributed by atoms with Gasteiger partial charge in [0.2, 0.25) is 0 Å². The maximum absolute atomic E-state index is 9.90. The van der Waals surface area contributed by atoms with Crippen LogP contribution in [0, 0.1) is 23.7 Å². The highest BCUT2D eigenvalue weighted by Gasteiger charge is 2.41. The molecule has 0 atom stereocenters. The minimum atomic E-state index is -2.37. The van der Waals surface area contributed by atoms with Crippen LogP contribution in [-0.4, -0.2) is 18.3 Å². The Balaban J connectivity index is 1.42. The molecule has 2 N–H and O–H groups in total. The average molecular weight is 595 g/mol. The number of rotatable bonds is 2. The van der Waals surface area contributed by atoms with Crippen LogP contribution in [0.2, 0.25) is 13.1 Å². The molecular weight excluding hydrogens is 565 g/mol. The Morgan fingerprint density at radius 3 is 1.22 bits per heavy atom. The Hall–Kier alpha value is -5.74. The summed E-state index contributed by atoms with van der Waals surface area (Å²) in [5.41, 5.74) is 6.46. The van der Waals surface area contributed by atoms with Crippen molar-refractivity contribution in [3.8, 4) is 35.2 Å². The molecule has 0 aliphatic carbocycles. The number of aromatic hydroxyl groups is 2. The molecule has 7 rings (SSSR count). The first-order chi connectivity index (χ1) is 21.9. The summed E-state index contributed by atoms with van der Waals surface area (Å²) in [4.78, 5) is 0. The van der Waals surface area contributed by atoms with Crippen molar-refractivity contribution in [3.63, 3.8) is 0 Å². The fraction of sp³-hybridized carbons (Fsp3) is 0.0476. The van der Waals surface area contributed by atoms with E-state index >= 15 is 0 Å². The van der Waals surface area contributed by atoms with Crippen molar-refractivity contribution in [2.45, 2.75) is 13.1 Å². The smallest absolute Gasteiger partial charge is 0.135 e. The summed E-state index contributed by atoms with van der Waals surface area (Å²) in [6.45, 7) is 4.71. The number of benzene rings is 6. The van der Waals surface area contributed by atoms with Crippen LogP contribution in [0.3, 0.4) is 0 Å². The first-order valence-corrected chi connectivity index (χ1v) is 18.0. The van der Waals surface area contributed by atoms with Gasteiger partial charge in [-0.05, 0) is 92.3 Å². The van der Waals surface area contributed by atoms with E-state index in [2.05, 4.69) is 97.4 Å². The lowest BCUT2D eigenvalue weighted by molar-refractivity contribution is 0.475. The molecule has 0 bridgehead atoms. The second kappa shape index (κ2) is 11.4. The van der Waals surface area contributed by atoms with E-state index in [1.807, 2.05) is 48.5 Å². The molecule has 1 aliphatic heterocycles. The minimum absolute atomic E-state index is 0.258. The number of phenols is 2. The third-order valence-electron chi connectivity index (χ3n) is 8.44. The number of hydrogen-bond donors (Lipinski definition) is 2. The number of phenolic OH excluding ortho intramolecular Hbond substituents is 2. The third kappa shape index (κ3) is 5.43. The van der Waals surface area contributed by atoms with Gasteiger partial charge in [0.15, 0.2) is 0 Å². The molecule has 45 heavy (non-hydrogen) atoms. The second-order valence-electron chi connectivity index (χ2n) is 11.8. The SMILES string of the molecule is C[Si]1(C)C(C#Cc2ccc3cc(O)ccc3c2)=C(c2ccccc2)C(c2ccccc2)=C1C#Cc1ccc2cc(O)ccc2c1. The predicted molar refractivity (Wildman–Crippen MR) is 189 cm³/mol. The van der Waals surface area contributed by atoms with Crippen molar-refractivity contribution in [1.29, 1.82) is 0 Å². The number of fused-ring (bicyclic) bond motifs is 2. The molecule has 214 valence electrons. The molecule has 6 aromatic carbocycles. The molecule has 0 saturated carbocycles. The van der Waals surface area contributed by atoms with Crippen molar-refractivity contribution in [1.82, 2.24) is 0 Å². The monoisotopic (exact) mass is 594 g/mol. The molecule has 3 heteroatoms. The van der Waals surface area contributed by atoms with Gasteiger partial charge < -0.3 is 10.2 Å². The summed E-state index contributed by atoms with van der Waals surface area (Å²) in [7, 11) is -2.37. The van der Waals surface area contributed by atoms with Gasteiger partial charge >= 0.3 is 0 Å². The van der Waals surface area contributed by atoms with Crippen molar-refractivity contribution in [3.05, 3.63) is 166 Å². The molecule has 0 fully saturated rings. The summed E-state index contributed by atoms with van der Waals surface area (Å²) in [5, 5.41) is 26.2. The molecular formula is C42H30O2Si. The van der Waals surface area contributed by atoms with Gasteiger partial charge in [-0.1, -0.05) is 122 Å². The van der Waals surface area contributed by atoms with E-state index in [4.69, 9.17) is 0 Å². The van der Waals surface area contributed by atoms with Crippen LogP contribution in [-0.2, 0) is 0 Å². The van der Waals surface area contributed by atoms with Crippen molar-refractivity contribution in [2.75, 3.05) is 0 Å². The highest BCUT2D eigenvalue weighted by molar-refractivity contribution is 6.96. The van der Waals surface area contributed by atoms with Gasteiger partial charge in [0.05, 0.1) is 0 Å². The van der Waals surface area contributed by atoms with E-state index in [0.717, 1.165) is 65.3 Å². The standard InChI is InChI=1S/C42H30O2Si/c1-45(2)39(23-15-29-13-17-35-27-37(43)21-19-33(35)25-29)41(31-9-5-3-6-10-31)42(32-11-7-4-8-12-32)40(45)24-16-30-14-18-36-28-38(44)22-20-34(36)26-30/h3-14,17-22,25-28,43-44H,1-2H3. The molecule has 6 aromatic rings. The lowest BCUT2D eigenvalue weighted by Crippen LogP contribution is -2.29. The maximum Gasteiger partial charge on any atom is 0.135 e. The second-order valence-corrected chi connectivity index (χ2v) is 16.1. The molecule has 1 aliphatic rings. The van der Waals surface area contributed by atoms with E-state index < -0.39 is 8.07 Å². The normalized spacial score (nSPS) is 13.8. The summed E-state index contributed by atoms with van der Waals surface area (Å²) >= 11 is 0. The summed E-state index contributed by atoms with van der Waals surface area (Å²) in [6, 6.07) is 44.2. The highest BCUT2D eigenvalue weighted by Crippen LogP contribution is 2.48. The van der Waals surface area contributed by atoms with Gasteiger partial charge in [-0.2, -0.15) is 0 Å². The van der Waals surface area contributed by atoms with Gasteiger partial charge in [0.1, 0.15) is 19.6 Å². The van der Waals surface area contributed by atoms with Crippen LogP contribution >= 0.6 is 0 Å². The highest BCUT2D eigenvalue weighted by atomic mass is 28.3. The Labute approximate surface area is 264 Å². The number of allylic oxidation sites excluding steroid dienone is 4. The van der Waals surface area contributed by atoms with Crippen LogP contribution in [0.25, 0.3) is 32.7 Å². The van der Waals surface area contributed by atoms with Crippen LogP contribution in [0.4, 0.5) is 0 Å². The zero-order valence-electron chi connectivity index (χ0n) is 25.1. The Bertz CT molecular complexity index is 2140. The van der Waals surface area contributed by atoms with Gasteiger partial charge in [-0.15, -0.1) is 0 Å². The van der Waals surface area contributed by atoms with Crippen LogP contribution < -0.4 is 0 Å². The lowest BCUT2D eigenvalue weighted by atomic mass is 9.91. The molecule has 0 unspecified atom stereocenters. The van der Waals surface area contributed by atoms with E-state index in [-0.39, 0.29) is 11.5 Å². The zero-order valence-corrected chi connectivity index (χ0v) is 26.1. The Morgan fingerprint density at radius 2 is 0.800 bits per heavy atom. The molecule has 0 aromatic heterocycles. The van der Waals surface area contributed by atoms with Gasteiger partial charge in [-0.3, -0.25) is 0 Å². The maximum atomic E-state index is 9.90. The van der Waals surface area contributed by atoms with Gasteiger partial charge in [0, 0.05) is 21.5 Å². The third-order valence-corrected chi connectivity index (χ3v) is 11.7. The predicted octanol–water partition coefficient (Wildman–Crippen LogP) is 9.52. The molecule has 2 nitrogen and oxygen atoms in total. The van der Waals surface area contributed by atoms with Crippen LogP contribution in [0.5, 0.6) is 11.5 Å². The van der Waals surface area contributed by atoms with E-state index in [0.29, 0.717) is 0 Å². The molecule has 0 saturated heterocycles. The quantitative estimate of drug-likeness (QED) is 0.155. The molecule has 0 radical (unpaired) electrons. The van der Waals surface area contributed by atoms with Crippen LogP contribution in [0.15, 0.2) is 144 Å². The summed E-state index contributed by atoms with van der Waals surface area (Å²) in [5.74, 6) is 14.9. The fourth-order valence-electron chi connectivity index (χ4n) is 6.12. The Morgan fingerprint density at radius 1 is 0.422 bits per heavy atom. The lowest BCUT2D eigenvalue weighted by Gasteiger charge is -2.18. The van der Waals surface area contributed by atoms with E-state index in [1.54, 1.807) is 24.3 Å². The van der Waals surface area contributed by atoms with E-state index in [1.165, 1.54) is 0 Å². The van der Waals surface area contributed by atoms with Crippen molar-refractivity contribution in [2.24, 2.45) is 0 Å². The fourth-order valence-corrected chi connectivity index (χ4v) is 8.90. The van der Waals surface area contributed by atoms with Crippen molar-refractivity contribution < 1.29 is 10.2 Å². The van der Waals surface area contributed by atoms with E-state index in [9.17, 15) is 10.2 Å². The largest absolute Gasteiger partial charge is 0.508 e. The summed E-state index contributed by atoms with van der Waals surface area (Å²) < 4.78 is 0. The number of hydrogen-bond acceptors (Lipinski definition) is 2. The van der Waals surface area contributed by atoms with Crippen LogP contribution in [0.1, 0.15) is 22.3 Å². The molecule has 0 amide bonds. The Kier molecular flexibility index (Phi) is 7.11. The topological polar surface area (TPSA) is 40.5 Å². The minimum Gasteiger partial charge on any atom is -0.508 e. The average Bonchev–Trinajstić information content (AvgIpc) is 3.28.